The van der Waals surface area contributed by atoms with E-state index in [0.717, 1.165) is 21.9 Å². The van der Waals surface area contributed by atoms with Crippen molar-refractivity contribution in [2.45, 2.75) is 13.5 Å². The van der Waals surface area contributed by atoms with E-state index in [-0.39, 0.29) is 12.8 Å². The summed E-state index contributed by atoms with van der Waals surface area (Å²) in [5.41, 5.74) is 1.49. The molecule has 8 heteroatoms. The molecule has 0 unspecified atom stereocenters. The highest BCUT2D eigenvalue weighted by Gasteiger charge is 2.16. The molecular formula is C16H16N2O4S2. The normalized spacial score (nSPS) is 11.9. The maximum absolute atomic E-state index is 11.8. The highest BCUT2D eigenvalue weighted by Crippen LogP contribution is 2.32. The van der Waals surface area contributed by atoms with E-state index in [2.05, 4.69) is 10.6 Å². The number of thiophene rings is 1. The molecule has 0 saturated carbocycles. The molecule has 2 aromatic rings. The minimum absolute atomic E-state index is 0.250. The van der Waals surface area contributed by atoms with Crippen LogP contribution in [0, 0.1) is 6.92 Å². The third kappa shape index (κ3) is 3.60. The van der Waals surface area contributed by atoms with Gasteiger partial charge in [-0.2, -0.15) is 0 Å². The van der Waals surface area contributed by atoms with Gasteiger partial charge < -0.3 is 24.8 Å². The fraction of sp³-hybridized carbons (Fsp3) is 0.250. The van der Waals surface area contributed by atoms with E-state index < -0.39 is 0 Å². The Morgan fingerprint density at radius 1 is 1.33 bits per heavy atom. The van der Waals surface area contributed by atoms with Crippen LogP contribution >= 0.6 is 23.6 Å². The molecule has 2 N–H and O–H groups in total. The zero-order valence-corrected chi connectivity index (χ0v) is 14.8. The van der Waals surface area contributed by atoms with Crippen molar-refractivity contribution in [2.24, 2.45) is 0 Å². The number of hydrogen-bond donors (Lipinski definition) is 2. The third-order valence-electron chi connectivity index (χ3n) is 3.38. The van der Waals surface area contributed by atoms with Crippen LogP contribution in [-0.4, -0.2) is 25.0 Å². The average molecular weight is 364 g/mol. The van der Waals surface area contributed by atoms with Crippen LogP contribution in [0.4, 0.5) is 5.00 Å². The number of anilines is 1. The van der Waals surface area contributed by atoms with Crippen LogP contribution in [0.1, 0.15) is 20.8 Å². The standard InChI is InChI=1S/C16H16N2O4S2/c1-9-5-11(15(19)20-2)14(24-9)18-16(23)17-7-10-3-4-12-13(6-10)22-8-21-12/h3-6H,7-8H2,1-2H3,(H2,17,18,23). The van der Waals surface area contributed by atoms with E-state index in [1.807, 2.05) is 25.1 Å². The monoisotopic (exact) mass is 364 g/mol. The van der Waals surface area contributed by atoms with Gasteiger partial charge in [0.1, 0.15) is 5.00 Å². The van der Waals surface area contributed by atoms with Crippen molar-refractivity contribution in [3.63, 3.8) is 0 Å². The Morgan fingerprint density at radius 2 is 2.12 bits per heavy atom. The maximum atomic E-state index is 11.8. The van der Waals surface area contributed by atoms with Crippen molar-refractivity contribution in [1.82, 2.24) is 5.32 Å². The number of esters is 1. The van der Waals surface area contributed by atoms with E-state index in [4.69, 9.17) is 26.4 Å². The lowest BCUT2D eigenvalue weighted by Crippen LogP contribution is -2.28. The van der Waals surface area contributed by atoms with Crippen molar-refractivity contribution in [3.05, 3.63) is 40.3 Å². The topological polar surface area (TPSA) is 68.8 Å². The van der Waals surface area contributed by atoms with Crippen LogP contribution in [-0.2, 0) is 11.3 Å². The van der Waals surface area contributed by atoms with Crippen LogP contribution in [0.3, 0.4) is 0 Å². The van der Waals surface area contributed by atoms with Crippen molar-refractivity contribution in [3.8, 4) is 11.5 Å². The summed E-state index contributed by atoms with van der Waals surface area (Å²) in [6, 6.07) is 7.50. The first-order chi connectivity index (χ1) is 11.6. The largest absolute Gasteiger partial charge is 0.465 e. The minimum atomic E-state index is -0.388. The van der Waals surface area contributed by atoms with Gasteiger partial charge in [-0.1, -0.05) is 6.07 Å². The highest BCUT2D eigenvalue weighted by molar-refractivity contribution is 7.80. The number of fused-ring (bicyclic) bond motifs is 1. The number of benzene rings is 1. The molecule has 24 heavy (non-hydrogen) atoms. The van der Waals surface area contributed by atoms with Crippen molar-refractivity contribution in [2.75, 3.05) is 19.2 Å². The molecule has 1 aliphatic rings. The van der Waals surface area contributed by atoms with Gasteiger partial charge in [0.15, 0.2) is 16.6 Å². The van der Waals surface area contributed by atoms with Gasteiger partial charge in [0.25, 0.3) is 0 Å². The summed E-state index contributed by atoms with van der Waals surface area (Å²) < 4.78 is 15.4. The molecule has 1 aliphatic heterocycles. The lowest BCUT2D eigenvalue weighted by Gasteiger charge is -2.10. The van der Waals surface area contributed by atoms with Crippen LogP contribution < -0.4 is 20.1 Å². The van der Waals surface area contributed by atoms with Gasteiger partial charge in [0.2, 0.25) is 6.79 Å². The first-order valence-electron chi connectivity index (χ1n) is 7.19. The number of hydrogen-bond acceptors (Lipinski definition) is 6. The van der Waals surface area contributed by atoms with Gasteiger partial charge in [-0.25, -0.2) is 4.79 Å². The second kappa shape index (κ2) is 7.06. The fourth-order valence-corrected chi connectivity index (χ4v) is 3.39. The third-order valence-corrected chi connectivity index (χ3v) is 4.59. The van der Waals surface area contributed by atoms with Crippen LogP contribution in [0.2, 0.25) is 0 Å². The number of carbonyl (C=O) groups excluding carboxylic acids is 1. The summed E-state index contributed by atoms with van der Waals surface area (Å²) >= 11 is 6.75. The van der Waals surface area contributed by atoms with Gasteiger partial charge in [-0.05, 0) is 42.9 Å². The molecule has 0 aliphatic carbocycles. The fourth-order valence-electron chi connectivity index (χ4n) is 2.25. The summed E-state index contributed by atoms with van der Waals surface area (Å²) in [7, 11) is 1.36. The molecule has 0 spiro atoms. The smallest absolute Gasteiger partial charge is 0.340 e. The highest BCUT2D eigenvalue weighted by atomic mass is 32.1. The van der Waals surface area contributed by atoms with E-state index in [1.54, 1.807) is 6.07 Å². The quantitative estimate of drug-likeness (QED) is 0.638. The number of carbonyl (C=O) groups is 1. The molecule has 0 radical (unpaired) electrons. The molecular weight excluding hydrogens is 348 g/mol. The zero-order chi connectivity index (χ0) is 17.1. The van der Waals surface area contributed by atoms with Crippen molar-refractivity contribution in [1.29, 1.82) is 0 Å². The van der Waals surface area contributed by atoms with E-state index >= 15 is 0 Å². The molecule has 0 fully saturated rings. The number of ether oxygens (including phenoxy) is 3. The van der Waals surface area contributed by atoms with Crippen molar-refractivity contribution >= 4 is 39.6 Å². The summed E-state index contributed by atoms with van der Waals surface area (Å²) in [6.07, 6.45) is 0. The molecule has 126 valence electrons. The maximum Gasteiger partial charge on any atom is 0.340 e. The van der Waals surface area contributed by atoms with Gasteiger partial charge in [-0.15, -0.1) is 11.3 Å². The number of aryl methyl sites for hydroxylation is 1. The SMILES string of the molecule is COC(=O)c1cc(C)sc1NC(=S)NCc1ccc2c(c1)OCO2. The Morgan fingerprint density at radius 3 is 2.92 bits per heavy atom. The molecule has 1 aromatic heterocycles. The number of thiocarbonyl (C=S) groups is 1. The molecule has 0 bridgehead atoms. The summed E-state index contributed by atoms with van der Waals surface area (Å²) in [6.45, 7) is 2.70. The van der Waals surface area contributed by atoms with E-state index in [1.165, 1.54) is 18.4 Å². The van der Waals surface area contributed by atoms with Gasteiger partial charge in [0, 0.05) is 11.4 Å². The second-order valence-electron chi connectivity index (χ2n) is 5.09. The minimum Gasteiger partial charge on any atom is -0.465 e. The second-order valence-corrected chi connectivity index (χ2v) is 6.75. The first-order valence-corrected chi connectivity index (χ1v) is 8.41. The zero-order valence-electron chi connectivity index (χ0n) is 13.2. The number of nitrogens with one attached hydrogen (secondary N) is 2. The first kappa shape index (κ1) is 16.5. The molecule has 0 saturated heterocycles. The Kier molecular flexibility index (Phi) is 4.86. The molecule has 1 aromatic carbocycles. The van der Waals surface area contributed by atoms with Crippen molar-refractivity contribution < 1.29 is 19.0 Å². The van der Waals surface area contributed by atoms with Gasteiger partial charge in [-0.3, -0.25) is 0 Å². The summed E-state index contributed by atoms with van der Waals surface area (Å²) in [5, 5.41) is 7.26. The Labute approximate surface area is 148 Å². The molecule has 6 nitrogen and oxygen atoms in total. The van der Waals surface area contributed by atoms with E-state index in [9.17, 15) is 4.79 Å². The van der Waals surface area contributed by atoms with Gasteiger partial charge >= 0.3 is 5.97 Å². The summed E-state index contributed by atoms with van der Waals surface area (Å²) in [5.74, 6) is 1.09. The van der Waals surface area contributed by atoms with Crippen LogP contribution in [0.5, 0.6) is 11.5 Å². The number of methoxy groups -OCH3 is 1. The van der Waals surface area contributed by atoms with Crippen LogP contribution in [0.15, 0.2) is 24.3 Å². The predicted octanol–water partition coefficient (Wildman–Crippen LogP) is 3.06. The van der Waals surface area contributed by atoms with Gasteiger partial charge in [0.05, 0.1) is 12.7 Å². The Bertz CT molecular complexity index is 788. The predicted molar refractivity (Wildman–Crippen MR) is 96.0 cm³/mol. The molecule has 0 amide bonds. The van der Waals surface area contributed by atoms with E-state index in [0.29, 0.717) is 22.2 Å². The van der Waals surface area contributed by atoms with Crippen LogP contribution in [0.25, 0.3) is 0 Å². The lowest BCUT2D eigenvalue weighted by molar-refractivity contribution is 0.0602. The molecule has 0 atom stereocenters. The Hall–Kier alpha value is -2.32. The lowest BCUT2D eigenvalue weighted by atomic mass is 10.2. The molecule has 3 rings (SSSR count). The Balaban J connectivity index is 1.61. The average Bonchev–Trinajstić information content (AvgIpc) is 3.18. The summed E-state index contributed by atoms with van der Waals surface area (Å²) in [4.78, 5) is 12.8. The number of rotatable bonds is 4. The molecule has 2 heterocycles.